The zero-order chi connectivity index (χ0) is 17.1. The van der Waals surface area contributed by atoms with Crippen molar-refractivity contribution < 1.29 is 0 Å². The summed E-state index contributed by atoms with van der Waals surface area (Å²) in [6.07, 6.45) is 0.776. The van der Waals surface area contributed by atoms with E-state index in [1.807, 2.05) is 40.6 Å². The van der Waals surface area contributed by atoms with Crippen LogP contribution in [-0.2, 0) is 26.7 Å². The molecule has 0 atom stereocenters. The van der Waals surface area contributed by atoms with E-state index in [4.69, 9.17) is 28.9 Å². The van der Waals surface area contributed by atoms with Gasteiger partial charge in [0.1, 0.15) is 5.82 Å². The third-order valence-corrected chi connectivity index (χ3v) is 5.47. The minimum atomic E-state index is 0.650. The van der Waals surface area contributed by atoms with Crippen molar-refractivity contribution in [3.8, 4) is 0 Å². The molecular formula is C17H19ClN4S2. The van der Waals surface area contributed by atoms with Crippen molar-refractivity contribution in [2.75, 3.05) is 7.05 Å². The van der Waals surface area contributed by atoms with Gasteiger partial charge in [0.05, 0.1) is 11.0 Å². The van der Waals surface area contributed by atoms with E-state index >= 15 is 0 Å². The molecule has 24 heavy (non-hydrogen) atoms. The third kappa shape index (κ3) is 4.13. The third-order valence-electron chi connectivity index (χ3n) is 3.77. The van der Waals surface area contributed by atoms with Gasteiger partial charge in [-0.2, -0.15) is 5.10 Å². The molecule has 1 aromatic carbocycles. The van der Waals surface area contributed by atoms with Gasteiger partial charge in [-0.1, -0.05) is 41.9 Å². The molecule has 0 unspecified atom stereocenters. The second kappa shape index (κ2) is 7.61. The van der Waals surface area contributed by atoms with Gasteiger partial charge in [0.25, 0.3) is 0 Å². The summed E-state index contributed by atoms with van der Waals surface area (Å²) in [4.78, 5) is 3.41. The average Bonchev–Trinajstić information content (AvgIpc) is 3.07. The van der Waals surface area contributed by atoms with Crippen molar-refractivity contribution in [1.82, 2.24) is 19.2 Å². The van der Waals surface area contributed by atoms with Gasteiger partial charge in [-0.05, 0) is 37.0 Å². The van der Waals surface area contributed by atoms with Gasteiger partial charge in [0.2, 0.25) is 0 Å². The Morgan fingerprint density at radius 2 is 1.96 bits per heavy atom. The summed E-state index contributed by atoms with van der Waals surface area (Å²) in [6.45, 7) is 1.47. The van der Waals surface area contributed by atoms with Crippen LogP contribution in [0.2, 0.25) is 4.34 Å². The number of hydrogen-bond acceptors (Lipinski definition) is 4. The van der Waals surface area contributed by atoms with Crippen LogP contribution in [0.1, 0.15) is 16.3 Å². The molecule has 0 radical (unpaired) electrons. The molecule has 3 aromatic rings. The molecule has 4 nitrogen and oxygen atoms in total. The van der Waals surface area contributed by atoms with Crippen LogP contribution in [-0.4, -0.2) is 26.3 Å². The van der Waals surface area contributed by atoms with Crippen molar-refractivity contribution in [1.29, 1.82) is 0 Å². The van der Waals surface area contributed by atoms with E-state index in [9.17, 15) is 0 Å². The lowest BCUT2D eigenvalue weighted by atomic mass is 10.1. The fourth-order valence-corrected chi connectivity index (χ4v) is 3.91. The SMILES string of the molecule is CN(Cc1ccc(Cl)s1)Cn1nc(Cc2ccccc2)n(C)c1=S. The largest absolute Gasteiger partial charge is 0.307 e. The van der Waals surface area contributed by atoms with Crippen molar-refractivity contribution >= 4 is 35.2 Å². The minimum absolute atomic E-state index is 0.650. The molecule has 0 spiro atoms. The van der Waals surface area contributed by atoms with Crippen LogP contribution in [0.15, 0.2) is 42.5 Å². The first kappa shape index (κ1) is 17.4. The average molecular weight is 379 g/mol. The monoisotopic (exact) mass is 378 g/mol. The Morgan fingerprint density at radius 3 is 2.62 bits per heavy atom. The lowest BCUT2D eigenvalue weighted by Crippen LogP contribution is -2.22. The lowest BCUT2D eigenvalue weighted by Gasteiger charge is -2.15. The number of rotatable bonds is 6. The summed E-state index contributed by atoms with van der Waals surface area (Å²) in [5, 5.41) is 4.70. The molecule has 0 bridgehead atoms. The smallest absolute Gasteiger partial charge is 0.198 e. The van der Waals surface area contributed by atoms with Gasteiger partial charge in [-0.3, -0.25) is 4.90 Å². The fraction of sp³-hybridized carbons (Fsp3) is 0.294. The fourth-order valence-electron chi connectivity index (χ4n) is 2.54. The van der Waals surface area contributed by atoms with E-state index in [2.05, 4.69) is 30.1 Å². The highest BCUT2D eigenvalue weighted by Gasteiger charge is 2.11. The van der Waals surface area contributed by atoms with Crippen molar-refractivity contribution in [3.05, 3.63) is 67.8 Å². The molecule has 0 aliphatic rings. The van der Waals surface area contributed by atoms with Gasteiger partial charge in [0.15, 0.2) is 4.77 Å². The topological polar surface area (TPSA) is 26.0 Å². The summed E-state index contributed by atoms with van der Waals surface area (Å²) >= 11 is 13.1. The highest BCUT2D eigenvalue weighted by atomic mass is 35.5. The lowest BCUT2D eigenvalue weighted by molar-refractivity contribution is 0.245. The summed E-state index contributed by atoms with van der Waals surface area (Å²) in [6, 6.07) is 14.3. The molecule has 0 aliphatic heterocycles. The molecule has 0 saturated carbocycles. The predicted octanol–water partition coefficient (Wildman–Crippen LogP) is 4.35. The van der Waals surface area contributed by atoms with Crippen molar-refractivity contribution in [2.45, 2.75) is 19.6 Å². The van der Waals surface area contributed by atoms with Crippen molar-refractivity contribution in [2.24, 2.45) is 7.05 Å². The molecule has 0 aliphatic carbocycles. The maximum atomic E-state index is 5.99. The molecule has 0 fully saturated rings. The molecular weight excluding hydrogens is 360 g/mol. The molecule has 0 amide bonds. The van der Waals surface area contributed by atoms with Gasteiger partial charge < -0.3 is 4.57 Å². The standard InChI is InChI=1S/C17H19ClN4S2/c1-20(11-14-8-9-15(18)24-14)12-22-17(23)21(2)16(19-22)10-13-6-4-3-5-7-13/h3-9H,10-12H2,1-2H3. The second-order valence-electron chi connectivity index (χ2n) is 5.78. The number of nitrogens with zero attached hydrogens (tertiary/aromatic N) is 4. The van der Waals surface area contributed by atoms with E-state index in [-0.39, 0.29) is 0 Å². The number of aromatic nitrogens is 3. The molecule has 2 heterocycles. The molecule has 0 saturated heterocycles. The number of halogens is 1. The Hall–Kier alpha value is -1.47. The number of hydrogen-bond donors (Lipinski definition) is 0. The number of benzene rings is 1. The zero-order valence-corrected chi connectivity index (χ0v) is 16.0. The normalized spacial score (nSPS) is 11.3. The highest BCUT2D eigenvalue weighted by Crippen LogP contribution is 2.22. The Morgan fingerprint density at radius 1 is 1.21 bits per heavy atom. The Bertz CT molecular complexity index is 866. The summed E-state index contributed by atoms with van der Waals surface area (Å²) in [5.41, 5.74) is 1.23. The number of thiophene rings is 1. The van der Waals surface area contributed by atoms with Gasteiger partial charge in [-0.25, -0.2) is 4.68 Å². The maximum absolute atomic E-state index is 5.99. The van der Waals surface area contributed by atoms with E-state index in [1.54, 1.807) is 11.3 Å². The first-order chi connectivity index (χ1) is 11.5. The Kier molecular flexibility index (Phi) is 5.50. The zero-order valence-electron chi connectivity index (χ0n) is 13.6. The minimum Gasteiger partial charge on any atom is -0.307 e. The van der Waals surface area contributed by atoms with Gasteiger partial charge in [-0.15, -0.1) is 11.3 Å². The van der Waals surface area contributed by atoms with E-state index < -0.39 is 0 Å². The van der Waals surface area contributed by atoms with Crippen LogP contribution >= 0.6 is 35.2 Å². The van der Waals surface area contributed by atoms with Crippen LogP contribution in [0.4, 0.5) is 0 Å². The molecule has 2 aromatic heterocycles. The molecule has 0 N–H and O–H groups in total. The van der Waals surface area contributed by atoms with Gasteiger partial charge >= 0.3 is 0 Å². The molecule has 126 valence electrons. The van der Waals surface area contributed by atoms with Crippen LogP contribution in [0, 0.1) is 4.77 Å². The Balaban J connectivity index is 1.72. The molecule has 7 heteroatoms. The quantitative estimate of drug-likeness (QED) is 0.596. The maximum Gasteiger partial charge on any atom is 0.198 e. The van der Waals surface area contributed by atoms with Crippen LogP contribution in [0.3, 0.4) is 0 Å². The first-order valence-corrected chi connectivity index (χ1v) is 9.22. The van der Waals surface area contributed by atoms with Crippen molar-refractivity contribution in [3.63, 3.8) is 0 Å². The predicted molar refractivity (Wildman–Crippen MR) is 102 cm³/mol. The summed E-state index contributed by atoms with van der Waals surface area (Å²) in [5.74, 6) is 0.971. The Labute approximate surface area is 155 Å². The summed E-state index contributed by atoms with van der Waals surface area (Å²) < 4.78 is 5.41. The van der Waals surface area contributed by atoms with Crippen LogP contribution in [0.25, 0.3) is 0 Å². The van der Waals surface area contributed by atoms with Crippen LogP contribution < -0.4 is 0 Å². The van der Waals surface area contributed by atoms with E-state index in [1.165, 1.54) is 10.4 Å². The second-order valence-corrected chi connectivity index (χ2v) is 7.95. The van der Waals surface area contributed by atoms with E-state index in [0.29, 0.717) is 6.67 Å². The highest BCUT2D eigenvalue weighted by molar-refractivity contribution is 7.71. The van der Waals surface area contributed by atoms with E-state index in [0.717, 1.165) is 27.9 Å². The summed E-state index contributed by atoms with van der Waals surface area (Å²) in [7, 11) is 4.03. The first-order valence-electron chi connectivity index (χ1n) is 7.62. The van der Waals surface area contributed by atoms with Gasteiger partial charge in [0, 0.05) is 24.9 Å². The molecule has 3 rings (SSSR count). The van der Waals surface area contributed by atoms with Crippen LogP contribution in [0.5, 0.6) is 0 Å².